The number of aliphatic hydroxyl groups excluding tert-OH is 2. The van der Waals surface area contributed by atoms with Gasteiger partial charge in [0.05, 0.1) is 0 Å². The topological polar surface area (TPSA) is 43.7 Å². The molecule has 0 aromatic carbocycles. The van der Waals surface area contributed by atoms with Gasteiger partial charge in [0.2, 0.25) is 0 Å². The molecular weight excluding hydrogens is 226 g/mol. The summed E-state index contributed by atoms with van der Waals surface area (Å²) in [5, 5.41) is 19.0. The average Bonchev–Trinajstić information content (AvgIpc) is 2.39. The first-order valence-electron chi connectivity index (χ1n) is 7.61. The molecular formula is C15H29NO2. The molecule has 18 heavy (non-hydrogen) atoms. The van der Waals surface area contributed by atoms with Crippen LogP contribution in [0, 0.1) is 17.3 Å². The SMILES string of the molecule is CC1CCCC(CO)(CN2CCC(CO)CC2)C1. The van der Waals surface area contributed by atoms with Gasteiger partial charge in [0.15, 0.2) is 0 Å². The van der Waals surface area contributed by atoms with Crippen molar-refractivity contribution >= 4 is 0 Å². The molecule has 1 aliphatic heterocycles. The van der Waals surface area contributed by atoms with Crippen LogP contribution in [-0.4, -0.2) is 48.0 Å². The predicted octanol–water partition coefficient (Wildman–Crippen LogP) is 1.88. The molecule has 106 valence electrons. The molecule has 2 atom stereocenters. The van der Waals surface area contributed by atoms with E-state index < -0.39 is 0 Å². The molecule has 1 saturated heterocycles. The molecule has 0 amide bonds. The number of hydrogen-bond donors (Lipinski definition) is 2. The quantitative estimate of drug-likeness (QED) is 0.806. The van der Waals surface area contributed by atoms with Gasteiger partial charge in [-0.1, -0.05) is 19.8 Å². The highest BCUT2D eigenvalue weighted by Crippen LogP contribution is 2.40. The standard InChI is InChI=1S/C15H29NO2/c1-13-3-2-6-15(9-13,12-18)11-16-7-4-14(10-17)5-8-16/h13-14,17-18H,2-12H2,1H3. The molecule has 0 radical (unpaired) electrons. The summed E-state index contributed by atoms with van der Waals surface area (Å²) in [7, 11) is 0. The largest absolute Gasteiger partial charge is 0.396 e. The zero-order valence-electron chi connectivity index (χ0n) is 11.8. The molecule has 2 aliphatic rings. The predicted molar refractivity (Wildman–Crippen MR) is 73.4 cm³/mol. The van der Waals surface area contributed by atoms with Crippen molar-refractivity contribution in [3.63, 3.8) is 0 Å². The molecule has 0 aromatic rings. The van der Waals surface area contributed by atoms with Crippen LogP contribution in [0.25, 0.3) is 0 Å². The summed E-state index contributed by atoms with van der Waals surface area (Å²) in [5.41, 5.74) is 0.156. The zero-order chi connectivity index (χ0) is 13.0. The van der Waals surface area contributed by atoms with Crippen molar-refractivity contribution in [3.05, 3.63) is 0 Å². The van der Waals surface area contributed by atoms with Crippen LogP contribution in [0.5, 0.6) is 0 Å². The van der Waals surface area contributed by atoms with Crippen molar-refractivity contribution in [2.75, 3.05) is 32.8 Å². The van der Waals surface area contributed by atoms with Gasteiger partial charge in [-0.2, -0.15) is 0 Å². The van der Waals surface area contributed by atoms with Gasteiger partial charge < -0.3 is 15.1 Å². The van der Waals surface area contributed by atoms with Gasteiger partial charge >= 0.3 is 0 Å². The van der Waals surface area contributed by atoms with E-state index in [0.717, 1.165) is 38.4 Å². The van der Waals surface area contributed by atoms with E-state index in [1.54, 1.807) is 0 Å². The van der Waals surface area contributed by atoms with Crippen molar-refractivity contribution in [2.24, 2.45) is 17.3 Å². The van der Waals surface area contributed by atoms with Crippen molar-refractivity contribution in [1.82, 2.24) is 4.90 Å². The molecule has 2 N–H and O–H groups in total. The van der Waals surface area contributed by atoms with Crippen LogP contribution in [-0.2, 0) is 0 Å². The lowest BCUT2D eigenvalue weighted by molar-refractivity contribution is 0.0107. The van der Waals surface area contributed by atoms with Crippen molar-refractivity contribution in [3.8, 4) is 0 Å². The fourth-order valence-corrected chi connectivity index (χ4v) is 3.91. The molecule has 0 bridgehead atoms. The number of piperidine rings is 1. The van der Waals surface area contributed by atoms with Crippen LogP contribution in [0.15, 0.2) is 0 Å². The lowest BCUT2D eigenvalue weighted by Gasteiger charge is -2.43. The Morgan fingerprint density at radius 2 is 1.89 bits per heavy atom. The lowest BCUT2D eigenvalue weighted by Crippen LogP contribution is -2.46. The molecule has 1 heterocycles. The van der Waals surface area contributed by atoms with Crippen LogP contribution in [0.1, 0.15) is 45.4 Å². The van der Waals surface area contributed by atoms with E-state index >= 15 is 0 Å². The summed E-state index contributed by atoms with van der Waals surface area (Å²) in [6, 6.07) is 0. The number of aliphatic hydroxyl groups is 2. The van der Waals surface area contributed by atoms with Crippen molar-refractivity contribution in [1.29, 1.82) is 0 Å². The molecule has 2 rings (SSSR count). The van der Waals surface area contributed by atoms with E-state index in [1.165, 1.54) is 25.7 Å². The molecule has 2 unspecified atom stereocenters. The van der Waals surface area contributed by atoms with Gasteiger partial charge in [-0.15, -0.1) is 0 Å². The molecule has 3 heteroatoms. The maximum absolute atomic E-state index is 9.82. The maximum atomic E-state index is 9.82. The summed E-state index contributed by atoms with van der Waals surface area (Å²) in [6.45, 7) is 6.27. The second kappa shape index (κ2) is 6.36. The van der Waals surface area contributed by atoms with Crippen LogP contribution in [0.4, 0.5) is 0 Å². The van der Waals surface area contributed by atoms with E-state index in [4.69, 9.17) is 0 Å². The Morgan fingerprint density at radius 3 is 2.44 bits per heavy atom. The van der Waals surface area contributed by atoms with Gasteiger partial charge in [-0.25, -0.2) is 0 Å². The number of rotatable bonds is 4. The van der Waals surface area contributed by atoms with Gasteiger partial charge in [-0.3, -0.25) is 0 Å². The van der Waals surface area contributed by atoms with Crippen molar-refractivity contribution < 1.29 is 10.2 Å². The molecule has 0 aromatic heterocycles. The normalized spacial score (nSPS) is 35.8. The minimum absolute atomic E-state index is 0.156. The summed E-state index contributed by atoms with van der Waals surface area (Å²) < 4.78 is 0. The molecule has 1 aliphatic carbocycles. The van der Waals surface area contributed by atoms with E-state index in [9.17, 15) is 10.2 Å². The van der Waals surface area contributed by atoms with E-state index in [-0.39, 0.29) is 5.41 Å². The lowest BCUT2D eigenvalue weighted by atomic mass is 9.70. The maximum Gasteiger partial charge on any atom is 0.0499 e. The Balaban J connectivity index is 1.86. The summed E-state index contributed by atoms with van der Waals surface area (Å²) >= 11 is 0. The van der Waals surface area contributed by atoms with Crippen LogP contribution >= 0.6 is 0 Å². The minimum Gasteiger partial charge on any atom is -0.396 e. The van der Waals surface area contributed by atoms with E-state index in [1.807, 2.05) is 0 Å². The van der Waals surface area contributed by atoms with Gasteiger partial charge in [0.25, 0.3) is 0 Å². The Labute approximate surface area is 111 Å². The fourth-order valence-electron chi connectivity index (χ4n) is 3.91. The third-order valence-corrected chi connectivity index (χ3v) is 5.05. The number of nitrogens with zero attached hydrogens (tertiary/aromatic N) is 1. The highest BCUT2D eigenvalue weighted by Gasteiger charge is 2.36. The third-order valence-electron chi connectivity index (χ3n) is 5.05. The molecule has 2 fully saturated rings. The fraction of sp³-hybridized carbons (Fsp3) is 1.00. The highest BCUT2D eigenvalue weighted by atomic mass is 16.3. The zero-order valence-corrected chi connectivity index (χ0v) is 11.8. The smallest absolute Gasteiger partial charge is 0.0499 e. The summed E-state index contributed by atoms with van der Waals surface area (Å²) in [5.74, 6) is 1.28. The third kappa shape index (κ3) is 3.46. The van der Waals surface area contributed by atoms with Crippen molar-refractivity contribution in [2.45, 2.75) is 45.4 Å². The highest BCUT2D eigenvalue weighted by molar-refractivity contribution is 4.88. The van der Waals surface area contributed by atoms with Crippen LogP contribution in [0.2, 0.25) is 0 Å². The first-order valence-corrected chi connectivity index (χ1v) is 7.61. The van der Waals surface area contributed by atoms with E-state index in [2.05, 4.69) is 11.8 Å². The minimum atomic E-state index is 0.156. The number of likely N-dealkylation sites (tertiary alicyclic amines) is 1. The number of hydrogen-bond acceptors (Lipinski definition) is 3. The van der Waals surface area contributed by atoms with Gasteiger partial charge in [0.1, 0.15) is 0 Å². The van der Waals surface area contributed by atoms with Crippen LogP contribution < -0.4 is 0 Å². The Bertz CT molecular complexity index is 251. The van der Waals surface area contributed by atoms with Gasteiger partial charge in [0, 0.05) is 25.2 Å². The summed E-state index contributed by atoms with van der Waals surface area (Å²) in [6.07, 6.45) is 7.21. The second-order valence-electron chi connectivity index (χ2n) is 6.76. The summed E-state index contributed by atoms with van der Waals surface area (Å²) in [4.78, 5) is 2.51. The Morgan fingerprint density at radius 1 is 1.17 bits per heavy atom. The van der Waals surface area contributed by atoms with Crippen LogP contribution in [0.3, 0.4) is 0 Å². The van der Waals surface area contributed by atoms with Gasteiger partial charge in [-0.05, 0) is 50.6 Å². The molecule has 3 nitrogen and oxygen atoms in total. The monoisotopic (exact) mass is 255 g/mol. The van der Waals surface area contributed by atoms with E-state index in [0.29, 0.717) is 19.1 Å². The first-order chi connectivity index (χ1) is 8.67. The second-order valence-corrected chi connectivity index (χ2v) is 6.76. The molecule has 0 spiro atoms. The molecule has 1 saturated carbocycles. The Hall–Kier alpha value is -0.120. The Kier molecular flexibility index (Phi) is 5.05. The first kappa shape index (κ1) is 14.3. The average molecular weight is 255 g/mol.